The normalized spacial score (nSPS) is 16.1. The maximum absolute atomic E-state index is 13.8. The molecule has 2 amide bonds. The molecule has 2 heterocycles. The predicted molar refractivity (Wildman–Crippen MR) is 128 cm³/mol. The number of carbonyl (C=O) groups excluding carboxylic acids is 2. The van der Waals surface area contributed by atoms with E-state index in [0.29, 0.717) is 59.0 Å². The van der Waals surface area contributed by atoms with Gasteiger partial charge in [0.2, 0.25) is 0 Å². The van der Waals surface area contributed by atoms with E-state index in [1.165, 1.54) is 12.1 Å². The van der Waals surface area contributed by atoms with Gasteiger partial charge < -0.3 is 19.6 Å². The molecule has 1 aliphatic rings. The van der Waals surface area contributed by atoms with Crippen LogP contribution in [0.3, 0.4) is 0 Å². The van der Waals surface area contributed by atoms with Crippen molar-refractivity contribution in [3.63, 3.8) is 0 Å². The van der Waals surface area contributed by atoms with E-state index in [-0.39, 0.29) is 18.0 Å². The van der Waals surface area contributed by atoms with Crippen molar-refractivity contribution in [1.29, 1.82) is 0 Å². The Morgan fingerprint density at radius 3 is 2.71 bits per heavy atom. The number of rotatable bonds is 4. The zero-order valence-corrected chi connectivity index (χ0v) is 19.7. The highest BCUT2D eigenvalue weighted by molar-refractivity contribution is 6.35. The number of hydrogen-bond acceptors (Lipinski definition) is 5. The van der Waals surface area contributed by atoms with Gasteiger partial charge in [-0.2, -0.15) is 0 Å². The SMILES string of the molecule is CCCOC(=O)N1CCN(C(=O)c2ccc3c(Cl)cc(-c4ccc(O)c(F)c4)nc3c2)C(C)C1. The third-order valence-corrected chi connectivity index (χ3v) is 6.14. The van der Waals surface area contributed by atoms with Crippen molar-refractivity contribution in [2.45, 2.75) is 26.3 Å². The number of piperazine rings is 1. The number of aromatic hydroxyl groups is 1. The summed E-state index contributed by atoms with van der Waals surface area (Å²) in [4.78, 5) is 33.4. The van der Waals surface area contributed by atoms with Crippen LogP contribution >= 0.6 is 11.6 Å². The van der Waals surface area contributed by atoms with Crippen LogP contribution < -0.4 is 0 Å². The van der Waals surface area contributed by atoms with Gasteiger partial charge in [0.1, 0.15) is 0 Å². The number of phenolic OH excluding ortho intramolecular Hbond substituents is 1. The van der Waals surface area contributed by atoms with Gasteiger partial charge in [0.25, 0.3) is 5.91 Å². The van der Waals surface area contributed by atoms with Crippen molar-refractivity contribution < 1.29 is 23.8 Å². The molecular weight excluding hydrogens is 461 g/mol. The van der Waals surface area contributed by atoms with Crippen molar-refractivity contribution in [3.8, 4) is 17.0 Å². The Labute approximate surface area is 201 Å². The number of fused-ring (bicyclic) bond motifs is 1. The van der Waals surface area contributed by atoms with Crippen molar-refractivity contribution >= 4 is 34.5 Å². The average molecular weight is 486 g/mol. The molecule has 9 heteroatoms. The molecule has 1 aliphatic heterocycles. The van der Waals surface area contributed by atoms with E-state index in [2.05, 4.69) is 4.98 Å². The lowest BCUT2D eigenvalue weighted by molar-refractivity contribution is 0.0414. The van der Waals surface area contributed by atoms with Crippen molar-refractivity contribution in [2.24, 2.45) is 0 Å². The fourth-order valence-corrected chi connectivity index (χ4v) is 4.27. The predicted octanol–water partition coefficient (Wildman–Crippen LogP) is 5.09. The maximum Gasteiger partial charge on any atom is 0.409 e. The Morgan fingerprint density at radius 1 is 1.21 bits per heavy atom. The van der Waals surface area contributed by atoms with Crippen LogP contribution in [0.5, 0.6) is 5.75 Å². The molecular formula is C25H25ClFN3O4. The molecule has 2 aromatic carbocycles. The molecule has 0 radical (unpaired) electrons. The highest BCUT2D eigenvalue weighted by Gasteiger charge is 2.31. The Morgan fingerprint density at radius 2 is 2.00 bits per heavy atom. The molecule has 7 nitrogen and oxygen atoms in total. The van der Waals surface area contributed by atoms with E-state index in [9.17, 15) is 19.1 Å². The van der Waals surface area contributed by atoms with Gasteiger partial charge in [-0.25, -0.2) is 14.2 Å². The first kappa shape index (κ1) is 23.8. The molecule has 1 aromatic heterocycles. The molecule has 3 aromatic rings. The van der Waals surface area contributed by atoms with Crippen LogP contribution in [-0.4, -0.2) is 64.2 Å². The number of phenols is 1. The largest absolute Gasteiger partial charge is 0.505 e. The fraction of sp³-hybridized carbons (Fsp3) is 0.320. The van der Waals surface area contributed by atoms with E-state index >= 15 is 0 Å². The lowest BCUT2D eigenvalue weighted by atomic mass is 10.1. The Bertz CT molecular complexity index is 1250. The third kappa shape index (κ3) is 4.77. The maximum atomic E-state index is 13.8. The van der Waals surface area contributed by atoms with Crippen molar-refractivity contribution in [1.82, 2.24) is 14.8 Å². The molecule has 1 atom stereocenters. The Balaban J connectivity index is 1.58. The third-order valence-electron chi connectivity index (χ3n) is 5.83. The summed E-state index contributed by atoms with van der Waals surface area (Å²) in [6, 6.07) is 10.5. The topological polar surface area (TPSA) is 83.0 Å². The Hall–Kier alpha value is -3.39. The second kappa shape index (κ2) is 9.85. The van der Waals surface area contributed by atoms with Crippen LogP contribution in [0.25, 0.3) is 22.2 Å². The highest BCUT2D eigenvalue weighted by Crippen LogP contribution is 2.31. The zero-order valence-electron chi connectivity index (χ0n) is 18.9. The minimum atomic E-state index is -0.758. The molecule has 1 N–H and O–H groups in total. The molecule has 1 saturated heterocycles. The summed E-state index contributed by atoms with van der Waals surface area (Å²) in [5, 5.41) is 10.5. The van der Waals surface area contributed by atoms with Gasteiger partial charge in [-0.05, 0) is 49.7 Å². The average Bonchev–Trinajstić information content (AvgIpc) is 2.83. The summed E-state index contributed by atoms with van der Waals surface area (Å²) in [7, 11) is 0. The van der Waals surface area contributed by atoms with Gasteiger partial charge in [-0.15, -0.1) is 0 Å². The van der Waals surface area contributed by atoms with Crippen LogP contribution in [0.15, 0.2) is 42.5 Å². The van der Waals surface area contributed by atoms with E-state index in [0.717, 1.165) is 6.42 Å². The summed E-state index contributed by atoms with van der Waals surface area (Å²) >= 11 is 6.44. The number of pyridine rings is 1. The van der Waals surface area contributed by atoms with Crippen LogP contribution in [-0.2, 0) is 4.74 Å². The monoisotopic (exact) mass is 485 g/mol. The number of nitrogens with zero attached hydrogens (tertiary/aromatic N) is 3. The lowest BCUT2D eigenvalue weighted by Gasteiger charge is -2.39. The molecule has 0 saturated carbocycles. The summed E-state index contributed by atoms with van der Waals surface area (Å²) in [6.45, 7) is 5.38. The number of hydrogen-bond donors (Lipinski definition) is 1. The van der Waals surface area contributed by atoms with E-state index in [1.54, 1.807) is 40.1 Å². The smallest absolute Gasteiger partial charge is 0.409 e. The molecule has 0 aliphatic carbocycles. The van der Waals surface area contributed by atoms with E-state index in [1.807, 2.05) is 13.8 Å². The number of benzene rings is 2. The van der Waals surface area contributed by atoms with Crippen molar-refractivity contribution in [2.75, 3.05) is 26.2 Å². The molecule has 1 fully saturated rings. The quantitative estimate of drug-likeness (QED) is 0.556. The molecule has 0 bridgehead atoms. The number of ether oxygens (including phenoxy) is 1. The fourth-order valence-electron chi connectivity index (χ4n) is 4.00. The number of amides is 2. The summed E-state index contributed by atoms with van der Waals surface area (Å²) in [5.74, 6) is -1.38. The first-order valence-electron chi connectivity index (χ1n) is 11.1. The summed E-state index contributed by atoms with van der Waals surface area (Å²) in [5.41, 5.74) is 1.82. The first-order chi connectivity index (χ1) is 16.3. The Kier molecular flexibility index (Phi) is 6.88. The standard InChI is InChI=1S/C25H25ClFN3O4/c1-3-10-34-25(33)29-8-9-30(15(2)14-29)24(32)17-4-6-18-19(26)13-21(28-22(18)12-17)16-5-7-23(31)20(27)11-16/h4-7,11-13,15,31H,3,8-10,14H2,1-2H3. The zero-order chi connectivity index (χ0) is 24.4. The van der Waals surface area contributed by atoms with E-state index in [4.69, 9.17) is 16.3 Å². The summed E-state index contributed by atoms with van der Waals surface area (Å²) < 4.78 is 19.0. The van der Waals surface area contributed by atoms with Crippen LogP contribution in [0.1, 0.15) is 30.6 Å². The lowest BCUT2D eigenvalue weighted by Crippen LogP contribution is -2.55. The van der Waals surface area contributed by atoms with Gasteiger partial charge in [0.15, 0.2) is 11.6 Å². The van der Waals surface area contributed by atoms with Gasteiger partial charge in [0.05, 0.1) is 22.8 Å². The second-order valence-corrected chi connectivity index (χ2v) is 8.70. The van der Waals surface area contributed by atoms with Crippen molar-refractivity contribution in [3.05, 3.63) is 58.9 Å². The van der Waals surface area contributed by atoms with Crippen LogP contribution in [0.2, 0.25) is 5.02 Å². The van der Waals surface area contributed by atoms with Gasteiger partial charge >= 0.3 is 6.09 Å². The summed E-state index contributed by atoms with van der Waals surface area (Å²) in [6.07, 6.45) is 0.395. The van der Waals surface area contributed by atoms with Gasteiger partial charge in [0, 0.05) is 42.2 Å². The first-order valence-corrected chi connectivity index (χ1v) is 11.5. The number of carbonyl (C=O) groups is 2. The van der Waals surface area contributed by atoms with Crippen LogP contribution in [0, 0.1) is 5.82 Å². The van der Waals surface area contributed by atoms with Crippen LogP contribution in [0.4, 0.5) is 9.18 Å². The minimum Gasteiger partial charge on any atom is -0.505 e. The van der Waals surface area contributed by atoms with Gasteiger partial charge in [-0.1, -0.05) is 24.6 Å². The molecule has 0 spiro atoms. The molecule has 4 rings (SSSR count). The number of aromatic nitrogens is 1. The number of halogens is 2. The highest BCUT2D eigenvalue weighted by atomic mass is 35.5. The van der Waals surface area contributed by atoms with E-state index < -0.39 is 11.6 Å². The molecule has 178 valence electrons. The van der Waals surface area contributed by atoms with Gasteiger partial charge in [-0.3, -0.25) is 4.79 Å². The minimum absolute atomic E-state index is 0.171. The second-order valence-electron chi connectivity index (χ2n) is 8.30. The molecule has 34 heavy (non-hydrogen) atoms. The molecule has 1 unspecified atom stereocenters.